The van der Waals surface area contributed by atoms with Gasteiger partial charge in [-0.15, -0.1) is 11.3 Å². The summed E-state index contributed by atoms with van der Waals surface area (Å²) in [6, 6.07) is 11.4. The van der Waals surface area contributed by atoms with Gasteiger partial charge in [0, 0.05) is 42.8 Å². The van der Waals surface area contributed by atoms with Crippen LogP contribution in [0.15, 0.2) is 30.3 Å². The Hall–Kier alpha value is -1.59. The summed E-state index contributed by atoms with van der Waals surface area (Å²) >= 11 is 1.68. The third-order valence-corrected chi connectivity index (χ3v) is 5.83. The van der Waals surface area contributed by atoms with Gasteiger partial charge in [-0.1, -0.05) is 18.2 Å². The number of fused-ring (bicyclic) bond motifs is 1. The molecule has 1 atom stereocenters. The Balaban J connectivity index is 1.38. The minimum absolute atomic E-state index is 0.672. The van der Waals surface area contributed by atoms with Crippen molar-refractivity contribution in [2.75, 3.05) is 36.8 Å². The Labute approximate surface area is 135 Å². The quantitative estimate of drug-likeness (QED) is 0.924. The summed E-state index contributed by atoms with van der Waals surface area (Å²) in [5, 5.41) is 0.736. The third-order valence-electron chi connectivity index (χ3n) is 4.88. The number of hydrogen-bond acceptors (Lipinski definition) is 5. The van der Waals surface area contributed by atoms with Crippen molar-refractivity contribution in [1.82, 2.24) is 9.88 Å². The second-order valence-corrected chi connectivity index (χ2v) is 7.29. The Bertz CT molecular complexity index is 631. The number of benzene rings is 1. The maximum Gasteiger partial charge on any atom is 0.180 e. The van der Waals surface area contributed by atoms with E-state index in [9.17, 15) is 0 Å². The molecule has 0 bridgehead atoms. The van der Waals surface area contributed by atoms with Gasteiger partial charge in [-0.05, 0) is 31.4 Å². The Morgan fingerprint density at radius 3 is 2.64 bits per heavy atom. The summed E-state index contributed by atoms with van der Waals surface area (Å²) in [6.45, 7) is 4.56. The third kappa shape index (κ3) is 2.71. The smallest absolute Gasteiger partial charge is 0.180 e. The van der Waals surface area contributed by atoms with Crippen molar-refractivity contribution >= 4 is 22.2 Å². The van der Waals surface area contributed by atoms with Gasteiger partial charge >= 0.3 is 0 Å². The van der Waals surface area contributed by atoms with Gasteiger partial charge in [0.1, 0.15) is 0 Å². The number of thiazole rings is 1. The van der Waals surface area contributed by atoms with Crippen LogP contribution < -0.4 is 10.6 Å². The molecule has 0 spiro atoms. The molecule has 22 heavy (non-hydrogen) atoms. The van der Waals surface area contributed by atoms with E-state index < -0.39 is 0 Å². The maximum absolute atomic E-state index is 5.85. The number of nitrogen functional groups attached to an aromatic ring is 1. The van der Waals surface area contributed by atoms with E-state index in [0.717, 1.165) is 44.2 Å². The fourth-order valence-electron chi connectivity index (χ4n) is 3.67. The first-order valence-corrected chi connectivity index (χ1v) is 8.89. The van der Waals surface area contributed by atoms with Crippen molar-refractivity contribution in [1.29, 1.82) is 0 Å². The Morgan fingerprint density at radius 2 is 1.86 bits per heavy atom. The molecule has 1 unspecified atom stereocenters. The van der Waals surface area contributed by atoms with Gasteiger partial charge in [0.15, 0.2) is 5.13 Å². The predicted molar refractivity (Wildman–Crippen MR) is 92.6 cm³/mol. The van der Waals surface area contributed by atoms with E-state index in [1.54, 1.807) is 11.3 Å². The topological polar surface area (TPSA) is 45.4 Å². The number of rotatable bonds is 2. The molecule has 0 saturated carbocycles. The van der Waals surface area contributed by atoms with Crippen molar-refractivity contribution in [3.05, 3.63) is 40.9 Å². The summed E-state index contributed by atoms with van der Waals surface area (Å²) in [7, 11) is 0. The number of anilines is 2. The van der Waals surface area contributed by atoms with Crippen LogP contribution in [0, 0.1) is 0 Å². The number of piperazine rings is 1. The van der Waals surface area contributed by atoms with Crippen LogP contribution >= 0.6 is 11.3 Å². The number of nitrogens with two attached hydrogens (primary N) is 1. The van der Waals surface area contributed by atoms with E-state index in [4.69, 9.17) is 5.73 Å². The lowest BCUT2D eigenvalue weighted by molar-refractivity contribution is 0.170. The predicted octanol–water partition coefficient (Wildman–Crippen LogP) is 2.40. The molecule has 2 aromatic rings. The van der Waals surface area contributed by atoms with Crippen LogP contribution in [0.4, 0.5) is 10.8 Å². The minimum Gasteiger partial charge on any atom is -0.375 e. The lowest BCUT2D eigenvalue weighted by Gasteiger charge is -2.41. The molecule has 1 fully saturated rings. The van der Waals surface area contributed by atoms with Crippen molar-refractivity contribution in [2.45, 2.75) is 25.3 Å². The molecule has 0 amide bonds. The molecule has 1 aromatic heterocycles. The largest absolute Gasteiger partial charge is 0.375 e. The summed E-state index contributed by atoms with van der Waals surface area (Å²) in [6.07, 6.45) is 3.45. The first-order chi connectivity index (χ1) is 10.8. The van der Waals surface area contributed by atoms with Crippen molar-refractivity contribution < 1.29 is 0 Å². The molecule has 2 N–H and O–H groups in total. The molecule has 1 aliphatic heterocycles. The highest BCUT2D eigenvalue weighted by atomic mass is 32.1. The SMILES string of the molecule is Nc1nc2c(s1)CC(N1CCN(c3ccccc3)CC1)CC2. The summed E-state index contributed by atoms with van der Waals surface area (Å²) in [4.78, 5) is 11.0. The van der Waals surface area contributed by atoms with Crippen LogP contribution in [-0.2, 0) is 12.8 Å². The van der Waals surface area contributed by atoms with E-state index in [0.29, 0.717) is 6.04 Å². The summed E-state index contributed by atoms with van der Waals surface area (Å²) in [5.74, 6) is 0. The lowest BCUT2D eigenvalue weighted by atomic mass is 9.95. The van der Waals surface area contributed by atoms with E-state index >= 15 is 0 Å². The molecule has 1 saturated heterocycles. The highest BCUT2D eigenvalue weighted by Gasteiger charge is 2.29. The fraction of sp³-hybridized carbons (Fsp3) is 0.471. The molecular formula is C17H22N4S. The van der Waals surface area contributed by atoms with Crippen LogP contribution in [0.25, 0.3) is 0 Å². The summed E-state index contributed by atoms with van der Waals surface area (Å²) in [5.41, 5.74) is 8.45. The molecule has 4 nitrogen and oxygen atoms in total. The Morgan fingerprint density at radius 1 is 1.09 bits per heavy atom. The second-order valence-electron chi connectivity index (χ2n) is 6.18. The van der Waals surface area contributed by atoms with Crippen molar-refractivity contribution in [2.24, 2.45) is 0 Å². The van der Waals surface area contributed by atoms with E-state index in [1.165, 1.54) is 22.7 Å². The van der Waals surface area contributed by atoms with Gasteiger partial charge in [0.05, 0.1) is 5.69 Å². The number of nitrogens with zero attached hydrogens (tertiary/aromatic N) is 3. The standard InChI is InChI=1S/C17H22N4S/c18-17-19-15-7-6-14(12-16(15)22-17)21-10-8-20(9-11-21)13-4-2-1-3-5-13/h1-5,14H,6-12H2,(H2,18,19). The van der Waals surface area contributed by atoms with Gasteiger partial charge < -0.3 is 10.6 Å². The van der Waals surface area contributed by atoms with Gasteiger partial charge in [-0.25, -0.2) is 4.98 Å². The van der Waals surface area contributed by atoms with Crippen molar-refractivity contribution in [3.8, 4) is 0 Å². The van der Waals surface area contributed by atoms with Crippen LogP contribution in [0.2, 0.25) is 0 Å². The van der Waals surface area contributed by atoms with Gasteiger partial charge in [-0.3, -0.25) is 4.90 Å². The monoisotopic (exact) mass is 314 g/mol. The van der Waals surface area contributed by atoms with Crippen LogP contribution in [-0.4, -0.2) is 42.1 Å². The lowest BCUT2D eigenvalue weighted by Crippen LogP contribution is -2.51. The van der Waals surface area contributed by atoms with Gasteiger partial charge in [-0.2, -0.15) is 0 Å². The highest BCUT2D eigenvalue weighted by molar-refractivity contribution is 7.15. The zero-order chi connectivity index (χ0) is 14.9. The zero-order valence-electron chi connectivity index (χ0n) is 12.7. The average molecular weight is 314 g/mol. The number of hydrogen-bond donors (Lipinski definition) is 1. The normalized spacial score (nSPS) is 22.5. The molecule has 5 heteroatoms. The van der Waals surface area contributed by atoms with Crippen LogP contribution in [0.1, 0.15) is 17.0 Å². The van der Waals surface area contributed by atoms with Crippen LogP contribution in [0.5, 0.6) is 0 Å². The minimum atomic E-state index is 0.672. The van der Waals surface area contributed by atoms with Crippen LogP contribution in [0.3, 0.4) is 0 Å². The van der Waals surface area contributed by atoms with E-state index in [-0.39, 0.29) is 0 Å². The summed E-state index contributed by atoms with van der Waals surface area (Å²) < 4.78 is 0. The molecule has 1 aromatic carbocycles. The van der Waals surface area contributed by atoms with Gasteiger partial charge in [0.2, 0.25) is 0 Å². The molecular weight excluding hydrogens is 292 g/mol. The highest BCUT2D eigenvalue weighted by Crippen LogP contribution is 2.30. The average Bonchev–Trinajstić information content (AvgIpc) is 2.95. The fourth-order valence-corrected chi connectivity index (χ4v) is 4.62. The van der Waals surface area contributed by atoms with E-state index in [1.807, 2.05) is 0 Å². The first-order valence-electron chi connectivity index (χ1n) is 8.08. The molecule has 0 radical (unpaired) electrons. The number of aryl methyl sites for hydroxylation is 1. The molecule has 2 aliphatic rings. The Kier molecular flexibility index (Phi) is 3.76. The molecule has 4 rings (SSSR count). The first kappa shape index (κ1) is 14.0. The molecule has 2 heterocycles. The van der Waals surface area contributed by atoms with Gasteiger partial charge in [0.25, 0.3) is 0 Å². The van der Waals surface area contributed by atoms with E-state index in [2.05, 4.69) is 45.1 Å². The second kappa shape index (κ2) is 5.89. The number of aromatic nitrogens is 1. The molecule has 1 aliphatic carbocycles. The molecule has 116 valence electrons. The number of para-hydroxylation sites is 1. The van der Waals surface area contributed by atoms with Crippen molar-refractivity contribution in [3.63, 3.8) is 0 Å². The zero-order valence-corrected chi connectivity index (χ0v) is 13.6. The maximum atomic E-state index is 5.85.